The summed E-state index contributed by atoms with van der Waals surface area (Å²) in [7, 11) is 1.41. The third-order valence-corrected chi connectivity index (χ3v) is 6.77. The van der Waals surface area contributed by atoms with Gasteiger partial charge in [-0.25, -0.2) is 4.79 Å². The van der Waals surface area contributed by atoms with Gasteiger partial charge in [-0.15, -0.1) is 0 Å². The fourth-order valence-electron chi connectivity index (χ4n) is 4.44. The number of aliphatic hydroxyl groups is 1. The minimum atomic E-state index is -1.34. The Kier molecular flexibility index (Phi) is 11.6. The summed E-state index contributed by atoms with van der Waals surface area (Å²) in [5.41, 5.74) is 1.54. The van der Waals surface area contributed by atoms with Crippen molar-refractivity contribution in [2.24, 2.45) is 11.8 Å². The fourth-order valence-corrected chi connectivity index (χ4v) is 4.64. The van der Waals surface area contributed by atoms with Crippen molar-refractivity contribution in [1.82, 2.24) is 15.5 Å². The molecule has 0 saturated heterocycles. The minimum Gasteiger partial charge on any atom is -0.506 e. The largest absolute Gasteiger partial charge is 0.506 e. The molecule has 1 heterocycles. The van der Waals surface area contributed by atoms with Crippen LogP contribution < -0.4 is 10.6 Å². The van der Waals surface area contributed by atoms with Crippen LogP contribution >= 0.6 is 11.6 Å². The van der Waals surface area contributed by atoms with Crippen molar-refractivity contribution in [3.8, 4) is 5.75 Å². The molecule has 4 N–H and O–H groups in total. The summed E-state index contributed by atoms with van der Waals surface area (Å²) in [6, 6.07) is 1.92. The Bertz CT molecular complexity index is 1060. The lowest BCUT2D eigenvalue weighted by Gasteiger charge is -2.29. The van der Waals surface area contributed by atoms with E-state index in [0.29, 0.717) is 18.4 Å². The lowest BCUT2D eigenvalue weighted by molar-refractivity contribution is -0.154. The van der Waals surface area contributed by atoms with E-state index in [-0.39, 0.29) is 41.5 Å². The van der Waals surface area contributed by atoms with Crippen LogP contribution in [0.2, 0.25) is 5.02 Å². The number of rotatable bonds is 3. The molecule has 1 aliphatic rings. The van der Waals surface area contributed by atoms with Gasteiger partial charge in [0.05, 0.1) is 24.3 Å². The highest BCUT2D eigenvalue weighted by molar-refractivity contribution is 6.32. The van der Waals surface area contributed by atoms with E-state index in [0.717, 1.165) is 5.57 Å². The first kappa shape index (κ1) is 31.1. The number of esters is 1. The average Bonchev–Trinajstić information content (AvgIpc) is 2.84. The second-order valence-corrected chi connectivity index (χ2v) is 10.5. The zero-order valence-corrected chi connectivity index (χ0v) is 23.2. The molecular weight excluding hydrogens is 514 g/mol. The number of aromatic hydroxyl groups is 1. The second-order valence-electron chi connectivity index (χ2n) is 10.1. The number of hydrogen-bond donors (Lipinski definition) is 4. The maximum Gasteiger partial charge on any atom is 0.331 e. The normalized spacial score (nSPS) is 27.0. The summed E-state index contributed by atoms with van der Waals surface area (Å²) < 4.78 is 5.49. The number of hydrogen-bond acceptors (Lipinski definition) is 7. The van der Waals surface area contributed by atoms with Gasteiger partial charge in [-0.2, -0.15) is 0 Å². The molecule has 0 spiro atoms. The Hall–Kier alpha value is -3.11. The molecule has 38 heavy (non-hydrogen) atoms. The molecule has 0 bridgehead atoms. The van der Waals surface area contributed by atoms with Crippen LogP contribution in [0.1, 0.15) is 46.1 Å². The molecule has 2 rings (SSSR count). The predicted octanol–water partition coefficient (Wildman–Crippen LogP) is 1.95. The van der Waals surface area contributed by atoms with Crippen LogP contribution in [0.5, 0.6) is 5.75 Å². The third-order valence-electron chi connectivity index (χ3n) is 6.47. The number of ether oxygens (including phenoxy) is 1. The zero-order chi connectivity index (χ0) is 28.6. The Labute approximate surface area is 228 Å². The van der Waals surface area contributed by atoms with E-state index < -0.39 is 42.6 Å². The van der Waals surface area contributed by atoms with Crippen LogP contribution in [-0.2, 0) is 30.3 Å². The van der Waals surface area contributed by atoms with Crippen molar-refractivity contribution in [3.63, 3.8) is 0 Å². The maximum absolute atomic E-state index is 13.3. The number of aliphatic hydroxyl groups excluding tert-OH is 1. The van der Waals surface area contributed by atoms with Crippen molar-refractivity contribution >= 4 is 35.3 Å². The Morgan fingerprint density at radius 3 is 2.45 bits per heavy atom. The highest BCUT2D eigenvalue weighted by atomic mass is 35.5. The summed E-state index contributed by atoms with van der Waals surface area (Å²) in [5.74, 6) is -2.79. The van der Waals surface area contributed by atoms with Crippen LogP contribution in [0.4, 0.5) is 0 Å². The second kappa shape index (κ2) is 14.2. The monoisotopic (exact) mass is 551 g/mol. The molecule has 5 atom stereocenters. The fraction of sp³-hybridized carbons (Fsp3) is 0.556. The van der Waals surface area contributed by atoms with E-state index in [1.807, 2.05) is 19.9 Å². The van der Waals surface area contributed by atoms with Gasteiger partial charge in [0.1, 0.15) is 11.8 Å². The highest BCUT2D eigenvalue weighted by Gasteiger charge is 2.32. The first-order valence-electron chi connectivity index (χ1n) is 12.6. The van der Waals surface area contributed by atoms with Gasteiger partial charge in [-0.05, 0) is 50.3 Å². The van der Waals surface area contributed by atoms with Gasteiger partial charge in [0, 0.05) is 19.4 Å². The molecule has 0 fully saturated rings. The number of amides is 3. The summed E-state index contributed by atoms with van der Waals surface area (Å²) >= 11 is 6.02. The minimum absolute atomic E-state index is 0.0104. The van der Waals surface area contributed by atoms with Gasteiger partial charge >= 0.3 is 5.97 Å². The lowest BCUT2D eigenvalue weighted by Crippen LogP contribution is -2.55. The maximum atomic E-state index is 13.3. The summed E-state index contributed by atoms with van der Waals surface area (Å²) in [4.78, 5) is 52.9. The molecule has 210 valence electrons. The molecule has 0 radical (unpaired) electrons. The van der Waals surface area contributed by atoms with Crippen molar-refractivity contribution in [3.05, 3.63) is 40.4 Å². The molecule has 3 amide bonds. The van der Waals surface area contributed by atoms with Crippen LogP contribution in [0, 0.1) is 11.8 Å². The number of nitrogens with zero attached hydrogens (tertiary/aromatic N) is 1. The molecule has 0 saturated carbocycles. The van der Waals surface area contributed by atoms with Gasteiger partial charge in [-0.1, -0.05) is 43.2 Å². The number of benzene rings is 1. The molecule has 1 aromatic carbocycles. The SMILES string of the molecule is CC1=CC(C)CC(C)OC(=O)C(CO)NC(=O)C(Cc2ccc(O)c(Cl)c2)N(C)C(=O)CNC(=O)C(C)C1. The van der Waals surface area contributed by atoms with E-state index >= 15 is 0 Å². The van der Waals surface area contributed by atoms with Gasteiger partial charge in [-0.3, -0.25) is 14.4 Å². The van der Waals surface area contributed by atoms with E-state index in [9.17, 15) is 29.4 Å². The molecule has 10 nitrogen and oxygen atoms in total. The van der Waals surface area contributed by atoms with Crippen molar-refractivity contribution in [2.75, 3.05) is 20.2 Å². The zero-order valence-electron chi connectivity index (χ0n) is 22.5. The first-order valence-corrected chi connectivity index (χ1v) is 13.0. The predicted molar refractivity (Wildman–Crippen MR) is 142 cm³/mol. The smallest absolute Gasteiger partial charge is 0.331 e. The third kappa shape index (κ3) is 9.02. The standard InChI is InChI=1S/C27H38ClN3O7/c1-15-8-16(2)10-18(4)38-27(37)21(14-32)30-26(36)22(12-19-6-7-23(33)20(28)11-19)31(5)24(34)13-29-25(35)17(3)9-15/h6-8,11,16-18,21-22,32-33H,9-10,12-14H2,1-5H3,(H,29,35)(H,30,36). The molecule has 1 aromatic rings. The van der Waals surface area contributed by atoms with E-state index in [1.165, 1.54) is 24.1 Å². The number of cyclic esters (lactones) is 1. The number of phenols is 1. The van der Waals surface area contributed by atoms with E-state index in [2.05, 4.69) is 10.6 Å². The first-order chi connectivity index (χ1) is 17.8. The van der Waals surface area contributed by atoms with Crippen molar-refractivity contribution < 1.29 is 34.1 Å². The van der Waals surface area contributed by atoms with Crippen molar-refractivity contribution in [1.29, 1.82) is 0 Å². The van der Waals surface area contributed by atoms with Crippen LogP contribution in [0.15, 0.2) is 29.8 Å². The lowest BCUT2D eigenvalue weighted by atomic mass is 9.96. The van der Waals surface area contributed by atoms with Gasteiger partial charge in [0.15, 0.2) is 6.04 Å². The molecule has 1 aliphatic heterocycles. The highest BCUT2D eigenvalue weighted by Crippen LogP contribution is 2.25. The Morgan fingerprint density at radius 1 is 1.13 bits per heavy atom. The Balaban J connectivity index is 2.38. The number of halogens is 1. The number of likely N-dealkylation sites (N-methyl/N-ethyl adjacent to an activating group) is 1. The van der Waals surface area contributed by atoms with E-state index in [4.69, 9.17) is 16.3 Å². The van der Waals surface area contributed by atoms with Gasteiger partial charge in [0.25, 0.3) is 0 Å². The topological polar surface area (TPSA) is 145 Å². The van der Waals surface area contributed by atoms with Gasteiger partial charge < -0.3 is 30.5 Å². The van der Waals surface area contributed by atoms with Crippen LogP contribution in [0.3, 0.4) is 0 Å². The Morgan fingerprint density at radius 2 is 1.82 bits per heavy atom. The summed E-state index contributed by atoms with van der Waals surface area (Å²) in [5, 5.41) is 24.8. The number of nitrogens with one attached hydrogen (secondary N) is 2. The van der Waals surface area contributed by atoms with Gasteiger partial charge in [0.2, 0.25) is 17.7 Å². The number of phenolic OH excluding ortho intramolecular Hbond substituents is 1. The number of carbonyl (C=O) groups is 4. The number of allylic oxidation sites excluding steroid dienone is 2. The number of carbonyl (C=O) groups excluding carboxylic acids is 4. The quantitative estimate of drug-likeness (QED) is 0.332. The van der Waals surface area contributed by atoms with Crippen LogP contribution in [-0.4, -0.2) is 77.2 Å². The molecular formula is C27H38ClN3O7. The molecule has 5 unspecified atom stereocenters. The van der Waals surface area contributed by atoms with Crippen LogP contribution in [0.25, 0.3) is 0 Å². The van der Waals surface area contributed by atoms with E-state index in [1.54, 1.807) is 19.9 Å². The summed E-state index contributed by atoms with van der Waals surface area (Å²) in [6.45, 7) is 6.36. The molecule has 0 aliphatic carbocycles. The molecule has 11 heteroatoms. The van der Waals surface area contributed by atoms with Crippen molar-refractivity contribution in [2.45, 2.75) is 65.1 Å². The molecule has 0 aromatic heterocycles. The summed E-state index contributed by atoms with van der Waals surface area (Å²) in [6.07, 6.45) is 2.52. The average molecular weight is 552 g/mol.